The molecule has 2 aromatic rings. The van der Waals surface area contributed by atoms with Gasteiger partial charge in [0.2, 0.25) is 0 Å². The van der Waals surface area contributed by atoms with Crippen molar-refractivity contribution in [3.05, 3.63) is 64.4 Å². The summed E-state index contributed by atoms with van der Waals surface area (Å²) in [4.78, 5) is 24.0. The molecule has 0 aromatic heterocycles. The van der Waals surface area contributed by atoms with Crippen LogP contribution in [-0.2, 0) is 0 Å². The SMILES string of the molecule is NCCNC(=O)c1ccc(Cl)c(NC(=O)c2cccc(F)c2)c1. The van der Waals surface area contributed by atoms with Crippen molar-refractivity contribution in [3.8, 4) is 0 Å². The minimum Gasteiger partial charge on any atom is -0.351 e. The van der Waals surface area contributed by atoms with Gasteiger partial charge < -0.3 is 16.4 Å². The van der Waals surface area contributed by atoms with Crippen LogP contribution in [0.4, 0.5) is 10.1 Å². The highest BCUT2D eigenvalue weighted by Crippen LogP contribution is 2.24. The molecule has 0 heterocycles. The van der Waals surface area contributed by atoms with Gasteiger partial charge in [-0.3, -0.25) is 9.59 Å². The minimum absolute atomic E-state index is 0.152. The van der Waals surface area contributed by atoms with Gasteiger partial charge in [-0.15, -0.1) is 0 Å². The van der Waals surface area contributed by atoms with Gasteiger partial charge in [-0.2, -0.15) is 0 Å². The number of halogens is 2. The molecule has 0 saturated heterocycles. The first kappa shape index (κ1) is 16.9. The van der Waals surface area contributed by atoms with Gasteiger partial charge >= 0.3 is 0 Å². The van der Waals surface area contributed by atoms with Gasteiger partial charge in [0.1, 0.15) is 5.82 Å². The highest BCUT2D eigenvalue weighted by atomic mass is 35.5. The molecule has 0 atom stereocenters. The summed E-state index contributed by atoms with van der Waals surface area (Å²) in [5.74, 6) is -1.36. The van der Waals surface area contributed by atoms with Crippen LogP contribution in [0.5, 0.6) is 0 Å². The maximum Gasteiger partial charge on any atom is 0.255 e. The fourth-order valence-electron chi connectivity index (χ4n) is 1.87. The summed E-state index contributed by atoms with van der Waals surface area (Å²) < 4.78 is 13.2. The van der Waals surface area contributed by atoms with Crippen molar-refractivity contribution in [3.63, 3.8) is 0 Å². The molecule has 0 fully saturated rings. The molecule has 2 amide bonds. The van der Waals surface area contributed by atoms with Crippen molar-refractivity contribution in [1.29, 1.82) is 0 Å². The van der Waals surface area contributed by atoms with E-state index in [4.69, 9.17) is 17.3 Å². The molecule has 4 N–H and O–H groups in total. The van der Waals surface area contributed by atoms with Crippen LogP contribution in [0.25, 0.3) is 0 Å². The number of nitrogens with two attached hydrogens (primary N) is 1. The van der Waals surface area contributed by atoms with Crippen LogP contribution in [0, 0.1) is 5.82 Å². The van der Waals surface area contributed by atoms with Crippen molar-refractivity contribution >= 4 is 29.1 Å². The fourth-order valence-corrected chi connectivity index (χ4v) is 2.04. The summed E-state index contributed by atoms with van der Waals surface area (Å²) in [6, 6.07) is 9.75. The molecular weight excluding hydrogens is 321 g/mol. The Balaban J connectivity index is 2.19. The van der Waals surface area contributed by atoms with Gasteiger partial charge in [0.25, 0.3) is 11.8 Å². The van der Waals surface area contributed by atoms with Crippen molar-refractivity contribution in [2.24, 2.45) is 5.73 Å². The second-order valence-electron chi connectivity index (χ2n) is 4.70. The van der Waals surface area contributed by atoms with Gasteiger partial charge in [0.15, 0.2) is 0 Å². The lowest BCUT2D eigenvalue weighted by atomic mass is 10.1. The Bertz CT molecular complexity index is 737. The number of anilines is 1. The lowest BCUT2D eigenvalue weighted by molar-refractivity contribution is 0.0953. The van der Waals surface area contributed by atoms with E-state index in [0.29, 0.717) is 18.7 Å². The molecule has 23 heavy (non-hydrogen) atoms. The molecule has 2 rings (SSSR count). The molecule has 120 valence electrons. The van der Waals surface area contributed by atoms with Crippen molar-refractivity contribution < 1.29 is 14.0 Å². The number of amides is 2. The second kappa shape index (κ2) is 7.71. The predicted octanol–water partition coefficient (Wildman–Crippen LogP) is 2.42. The van der Waals surface area contributed by atoms with E-state index in [0.717, 1.165) is 6.07 Å². The summed E-state index contributed by atoms with van der Waals surface area (Å²) in [6.45, 7) is 0.662. The van der Waals surface area contributed by atoms with Crippen LogP contribution in [0.2, 0.25) is 5.02 Å². The van der Waals surface area contributed by atoms with E-state index in [9.17, 15) is 14.0 Å². The Hall–Kier alpha value is -2.44. The fraction of sp³-hybridized carbons (Fsp3) is 0.125. The van der Waals surface area contributed by atoms with Crippen LogP contribution in [0.15, 0.2) is 42.5 Å². The Morgan fingerprint density at radius 1 is 1.09 bits per heavy atom. The van der Waals surface area contributed by atoms with Crippen LogP contribution in [0.3, 0.4) is 0 Å². The number of hydrogen-bond donors (Lipinski definition) is 3. The second-order valence-corrected chi connectivity index (χ2v) is 5.11. The standard InChI is InChI=1S/C16H15ClFN3O2/c17-13-5-4-11(15(22)20-7-6-19)9-14(13)21-16(23)10-2-1-3-12(18)8-10/h1-5,8-9H,6-7,19H2,(H,20,22)(H,21,23). The Morgan fingerprint density at radius 2 is 1.83 bits per heavy atom. The zero-order chi connectivity index (χ0) is 16.8. The molecule has 7 heteroatoms. The third kappa shape index (κ3) is 4.51. The van der Waals surface area contributed by atoms with E-state index in [1.807, 2.05) is 0 Å². The average Bonchev–Trinajstić information content (AvgIpc) is 2.54. The Kier molecular flexibility index (Phi) is 5.67. The number of carbonyl (C=O) groups is 2. The van der Waals surface area contributed by atoms with Crippen molar-refractivity contribution in [2.75, 3.05) is 18.4 Å². The smallest absolute Gasteiger partial charge is 0.255 e. The zero-order valence-corrected chi connectivity index (χ0v) is 12.9. The van der Waals surface area contributed by atoms with E-state index in [1.165, 1.54) is 36.4 Å². The highest BCUT2D eigenvalue weighted by molar-refractivity contribution is 6.34. The summed E-state index contributed by atoms with van der Waals surface area (Å²) in [5, 5.41) is 5.45. The topological polar surface area (TPSA) is 84.2 Å². The number of benzene rings is 2. The predicted molar refractivity (Wildman–Crippen MR) is 87.2 cm³/mol. The molecule has 0 aliphatic heterocycles. The first-order valence-corrected chi connectivity index (χ1v) is 7.24. The first-order chi connectivity index (χ1) is 11.0. The minimum atomic E-state index is -0.522. The third-order valence-corrected chi connectivity index (χ3v) is 3.32. The third-order valence-electron chi connectivity index (χ3n) is 2.99. The maximum absolute atomic E-state index is 13.2. The first-order valence-electron chi connectivity index (χ1n) is 6.86. The molecule has 0 radical (unpaired) electrons. The van der Waals surface area contributed by atoms with Gasteiger partial charge in [-0.1, -0.05) is 17.7 Å². The normalized spacial score (nSPS) is 10.2. The van der Waals surface area contributed by atoms with E-state index in [-0.39, 0.29) is 22.2 Å². The quantitative estimate of drug-likeness (QED) is 0.784. The summed E-state index contributed by atoms with van der Waals surface area (Å²) in [7, 11) is 0. The lowest BCUT2D eigenvalue weighted by Gasteiger charge is -2.10. The number of rotatable bonds is 5. The molecular formula is C16H15ClFN3O2. The molecule has 0 aliphatic carbocycles. The van der Waals surface area contributed by atoms with Gasteiger partial charge in [0, 0.05) is 24.2 Å². The van der Waals surface area contributed by atoms with Crippen molar-refractivity contribution in [1.82, 2.24) is 5.32 Å². The molecule has 0 bridgehead atoms. The van der Waals surface area contributed by atoms with Gasteiger partial charge in [0.05, 0.1) is 10.7 Å². The lowest BCUT2D eigenvalue weighted by Crippen LogP contribution is -2.29. The molecule has 0 saturated carbocycles. The molecule has 0 aliphatic rings. The summed E-state index contributed by atoms with van der Waals surface area (Å²) in [6.07, 6.45) is 0. The molecule has 0 spiro atoms. The molecule has 5 nitrogen and oxygen atoms in total. The maximum atomic E-state index is 13.2. The molecule has 2 aromatic carbocycles. The highest BCUT2D eigenvalue weighted by Gasteiger charge is 2.12. The van der Waals surface area contributed by atoms with Crippen LogP contribution >= 0.6 is 11.6 Å². The Morgan fingerprint density at radius 3 is 2.52 bits per heavy atom. The van der Waals surface area contributed by atoms with Gasteiger partial charge in [-0.05, 0) is 36.4 Å². The van der Waals surface area contributed by atoms with E-state index < -0.39 is 11.7 Å². The van der Waals surface area contributed by atoms with Crippen LogP contribution < -0.4 is 16.4 Å². The van der Waals surface area contributed by atoms with E-state index >= 15 is 0 Å². The monoisotopic (exact) mass is 335 g/mol. The number of nitrogens with one attached hydrogen (secondary N) is 2. The van der Waals surface area contributed by atoms with Crippen LogP contribution in [0.1, 0.15) is 20.7 Å². The Labute approximate surface area is 137 Å². The summed E-state index contributed by atoms with van der Waals surface area (Å²) >= 11 is 6.03. The number of hydrogen-bond acceptors (Lipinski definition) is 3. The van der Waals surface area contributed by atoms with E-state index in [1.54, 1.807) is 0 Å². The zero-order valence-electron chi connectivity index (χ0n) is 12.1. The summed E-state index contributed by atoms with van der Waals surface area (Å²) in [5.41, 5.74) is 6.08. The van der Waals surface area contributed by atoms with E-state index in [2.05, 4.69) is 10.6 Å². The average molecular weight is 336 g/mol. The number of carbonyl (C=O) groups excluding carboxylic acids is 2. The van der Waals surface area contributed by atoms with Crippen LogP contribution in [-0.4, -0.2) is 24.9 Å². The largest absolute Gasteiger partial charge is 0.351 e. The molecule has 0 unspecified atom stereocenters. The van der Waals surface area contributed by atoms with Crippen molar-refractivity contribution in [2.45, 2.75) is 0 Å². The van der Waals surface area contributed by atoms with Gasteiger partial charge in [-0.25, -0.2) is 4.39 Å².